The van der Waals surface area contributed by atoms with E-state index in [2.05, 4.69) is 0 Å². The number of anilines is 1. The van der Waals surface area contributed by atoms with Crippen LogP contribution >= 0.6 is 23.2 Å². The van der Waals surface area contributed by atoms with Crippen molar-refractivity contribution in [3.8, 4) is 11.1 Å². The molecule has 0 radical (unpaired) electrons. The van der Waals surface area contributed by atoms with Gasteiger partial charge in [-0.1, -0.05) is 47.0 Å². The van der Waals surface area contributed by atoms with Crippen LogP contribution in [-0.2, 0) is 11.2 Å². The number of nitrogens with two attached hydrogens (primary N) is 1. The maximum absolute atomic E-state index is 12.0. The zero-order valence-corrected chi connectivity index (χ0v) is 15.6. The molecule has 4 rings (SSSR count). The first kappa shape index (κ1) is 17.4. The van der Waals surface area contributed by atoms with Crippen LogP contribution in [0.4, 0.5) is 5.69 Å². The molecule has 6 heteroatoms. The summed E-state index contributed by atoms with van der Waals surface area (Å²) in [4.78, 5) is 13.7. The second-order valence-corrected chi connectivity index (χ2v) is 7.43. The molecule has 1 aliphatic carbocycles. The summed E-state index contributed by atoms with van der Waals surface area (Å²) < 4.78 is 0. The number of amides is 1. The Hall–Kier alpha value is -2.01. The normalized spacial score (nSPS) is 15.9. The lowest BCUT2D eigenvalue weighted by atomic mass is 9.91. The lowest BCUT2D eigenvalue weighted by Crippen LogP contribution is -2.37. The molecule has 2 aromatic carbocycles. The molecule has 3 N–H and O–H groups in total. The number of halogens is 2. The molecule has 0 saturated carbocycles. The molecule has 26 heavy (non-hydrogen) atoms. The minimum Gasteiger partial charge on any atom is -0.398 e. The van der Waals surface area contributed by atoms with E-state index in [1.165, 1.54) is 5.57 Å². The van der Waals surface area contributed by atoms with Crippen molar-refractivity contribution in [1.82, 2.24) is 4.90 Å². The smallest absolute Gasteiger partial charge is 0.248 e. The van der Waals surface area contributed by atoms with Gasteiger partial charge in [-0.15, -0.1) is 0 Å². The van der Waals surface area contributed by atoms with Gasteiger partial charge in [0.05, 0.1) is 10.0 Å². The number of hydrogen-bond donors (Lipinski definition) is 2. The van der Waals surface area contributed by atoms with Crippen molar-refractivity contribution in [2.45, 2.75) is 12.8 Å². The first-order valence-corrected chi connectivity index (χ1v) is 9.22. The van der Waals surface area contributed by atoms with Gasteiger partial charge in [-0.3, -0.25) is 4.79 Å². The second kappa shape index (κ2) is 6.62. The van der Waals surface area contributed by atoms with Crippen LogP contribution in [0.1, 0.15) is 17.5 Å². The van der Waals surface area contributed by atoms with Crippen LogP contribution in [0.3, 0.4) is 0 Å². The Kier molecular flexibility index (Phi) is 4.43. The molecule has 0 fully saturated rings. The van der Waals surface area contributed by atoms with Crippen LogP contribution in [0.5, 0.6) is 0 Å². The highest BCUT2D eigenvalue weighted by molar-refractivity contribution is 6.43. The van der Waals surface area contributed by atoms with E-state index in [-0.39, 0.29) is 5.91 Å². The number of benzene rings is 2. The van der Waals surface area contributed by atoms with Gasteiger partial charge in [-0.2, -0.15) is 0 Å². The Balaban J connectivity index is 1.90. The standard InChI is InChI=1S/C20H18Cl2N2O2/c21-16-8-13(12-3-1-2-4-17(12)23)19-14(20(16)22)7-11-5-6-24(9-15(11)19)18(26)10-25/h1-4,8,25H,5-7,9-10,23H2. The van der Waals surface area contributed by atoms with Crippen LogP contribution in [0, 0.1) is 0 Å². The van der Waals surface area contributed by atoms with Crippen molar-refractivity contribution in [1.29, 1.82) is 0 Å². The lowest BCUT2D eigenvalue weighted by Gasteiger charge is -2.29. The van der Waals surface area contributed by atoms with Crippen LogP contribution < -0.4 is 5.73 Å². The van der Waals surface area contributed by atoms with Crippen LogP contribution in [-0.4, -0.2) is 35.6 Å². The molecular formula is C20H18Cl2N2O2. The summed E-state index contributed by atoms with van der Waals surface area (Å²) in [6, 6.07) is 9.51. The zero-order valence-electron chi connectivity index (χ0n) is 14.1. The SMILES string of the molecule is Nc1ccccc1-c1cc(Cl)c(Cl)c2c1C1=C(CCN(C(=O)CO)C1)C2. The van der Waals surface area contributed by atoms with Gasteiger partial charge in [0.15, 0.2) is 0 Å². The van der Waals surface area contributed by atoms with Crippen LogP contribution in [0.2, 0.25) is 10.0 Å². The molecule has 2 aliphatic rings. The first-order valence-electron chi connectivity index (χ1n) is 8.47. The summed E-state index contributed by atoms with van der Waals surface area (Å²) in [5.41, 5.74) is 13.1. The fourth-order valence-electron chi connectivity index (χ4n) is 3.92. The maximum atomic E-state index is 12.0. The Morgan fingerprint density at radius 1 is 1.23 bits per heavy atom. The summed E-state index contributed by atoms with van der Waals surface area (Å²) in [5, 5.41) is 10.3. The summed E-state index contributed by atoms with van der Waals surface area (Å²) in [7, 11) is 0. The summed E-state index contributed by atoms with van der Waals surface area (Å²) in [5.74, 6) is -0.258. The van der Waals surface area contributed by atoms with E-state index in [0.717, 1.165) is 40.7 Å². The number of aliphatic hydroxyl groups is 1. The van der Waals surface area contributed by atoms with Gasteiger partial charge in [0.25, 0.3) is 0 Å². The number of carbonyl (C=O) groups excluding carboxylic acids is 1. The molecule has 2 aromatic rings. The molecule has 0 bridgehead atoms. The minimum absolute atomic E-state index is 0.258. The molecule has 4 nitrogen and oxygen atoms in total. The monoisotopic (exact) mass is 388 g/mol. The van der Waals surface area contributed by atoms with E-state index in [1.54, 1.807) is 4.90 Å². The lowest BCUT2D eigenvalue weighted by molar-refractivity contribution is -0.133. The summed E-state index contributed by atoms with van der Waals surface area (Å²) in [6.07, 6.45) is 1.51. The minimum atomic E-state index is -0.477. The van der Waals surface area contributed by atoms with E-state index in [4.69, 9.17) is 28.9 Å². The highest BCUT2D eigenvalue weighted by atomic mass is 35.5. The van der Waals surface area contributed by atoms with Gasteiger partial charge < -0.3 is 15.7 Å². The van der Waals surface area contributed by atoms with E-state index < -0.39 is 6.61 Å². The van der Waals surface area contributed by atoms with Gasteiger partial charge in [-0.25, -0.2) is 0 Å². The van der Waals surface area contributed by atoms with Crippen LogP contribution in [0.15, 0.2) is 35.9 Å². The third-order valence-corrected chi connectivity index (χ3v) is 6.03. The molecule has 0 aromatic heterocycles. The molecule has 1 heterocycles. The number of carbonyl (C=O) groups is 1. The average Bonchev–Trinajstić information content (AvgIpc) is 3.03. The number of nitrogens with zero attached hydrogens (tertiary/aromatic N) is 1. The van der Waals surface area contributed by atoms with E-state index in [0.29, 0.717) is 28.8 Å². The summed E-state index contributed by atoms with van der Waals surface area (Å²) in [6.45, 7) is 0.606. The van der Waals surface area contributed by atoms with E-state index in [9.17, 15) is 9.90 Å². The highest BCUT2D eigenvalue weighted by Gasteiger charge is 2.33. The van der Waals surface area contributed by atoms with E-state index >= 15 is 0 Å². The van der Waals surface area contributed by atoms with Crippen molar-refractivity contribution >= 4 is 40.4 Å². The van der Waals surface area contributed by atoms with Gasteiger partial charge in [0, 0.05) is 24.3 Å². The fraction of sp³-hybridized carbons (Fsp3) is 0.250. The molecule has 1 amide bonds. The van der Waals surface area contributed by atoms with Gasteiger partial charge >= 0.3 is 0 Å². The van der Waals surface area contributed by atoms with Crippen LogP contribution in [0.25, 0.3) is 16.7 Å². The topological polar surface area (TPSA) is 66.6 Å². The number of rotatable bonds is 2. The maximum Gasteiger partial charge on any atom is 0.248 e. The van der Waals surface area contributed by atoms with Gasteiger partial charge in [0.2, 0.25) is 5.91 Å². The summed E-state index contributed by atoms with van der Waals surface area (Å²) >= 11 is 12.9. The predicted molar refractivity (Wildman–Crippen MR) is 105 cm³/mol. The zero-order chi connectivity index (χ0) is 18.4. The average molecular weight is 389 g/mol. The van der Waals surface area contributed by atoms with Crippen molar-refractivity contribution in [2.24, 2.45) is 0 Å². The number of nitrogen functional groups attached to an aromatic ring is 1. The van der Waals surface area contributed by atoms with Crippen molar-refractivity contribution in [2.75, 3.05) is 25.4 Å². The first-order chi connectivity index (χ1) is 12.5. The predicted octanol–water partition coefficient (Wildman–Crippen LogP) is 3.78. The van der Waals surface area contributed by atoms with Gasteiger partial charge in [-0.05, 0) is 47.2 Å². The Labute approximate surface area is 161 Å². The highest BCUT2D eigenvalue weighted by Crippen LogP contribution is 2.48. The third kappa shape index (κ3) is 2.69. The fourth-order valence-corrected chi connectivity index (χ4v) is 4.36. The van der Waals surface area contributed by atoms with Crippen molar-refractivity contribution in [3.63, 3.8) is 0 Å². The van der Waals surface area contributed by atoms with Crippen molar-refractivity contribution in [3.05, 3.63) is 57.1 Å². The quantitative estimate of drug-likeness (QED) is 0.769. The number of aliphatic hydroxyl groups excluding tert-OH is 1. The molecule has 134 valence electrons. The Bertz CT molecular complexity index is 953. The molecule has 0 unspecified atom stereocenters. The largest absolute Gasteiger partial charge is 0.398 e. The van der Waals surface area contributed by atoms with Gasteiger partial charge in [0.1, 0.15) is 6.61 Å². The molecular weight excluding hydrogens is 371 g/mol. The number of fused-ring (bicyclic) bond motifs is 2. The van der Waals surface area contributed by atoms with Crippen molar-refractivity contribution < 1.29 is 9.90 Å². The Morgan fingerprint density at radius 2 is 2.00 bits per heavy atom. The number of para-hydroxylation sites is 1. The molecule has 0 atom stereocenters. The number of hydrogen-bond acceptors (Lipinski definition) is 3. The van der Waals surface area contributed by atoms with E-state index in [1.807, 2.05) is 30.3 Å². The molecule has 0 saturated heterocycles. The Morgan fingerprint density at radius 3 is 2.73 bits per heavy atom. The molecule has 0 spiro atoms. The molecule has 1 aliphatic heterocycles. The third-order valence-electron chi connectivity index (χ3n) is 5.21. The second-order valence-electron chi connectivity index (χ2n) is 6.64.